The molecule has 0 bridgehead atoms. The van der Waals surface area contributed by atoms with Crippen molar-refractivity contribution in [3.63, 3.8) is 0 Å². The molecule has 0 spiro atoms. The van der Waals surface area contributed by atoms with E-state index < -0.39 is 0 Å². The van der Waals surface area contributed by atoms with Crippen molar-refractivity contribution in [3.8, 4) is 84.2 Å². The van der Waals surface area contributed by atoms with Crippen molar-refractivity contribution < 1.29 is 9.59 Å². The van der Waals surface area contributed by atoms with E-state index in [0.29, 0.717) is 80.1 Å². The molecule has 6 unspecified atom stereocenters. The molecule has 0 aliphatic heterocycles. The summed E-state index contributed by atoms with van der Waals surface area (Å²) in [6, 6.07) is 48.6. The van der Waals surface area contributed by atoms with E-state index in [1.54, 1.807) is 22.7 Å². The Morgan fingerprint density at radius 1 is 0.320 bits per heavy atom. The van der Waals surface area contributed by atoms with Crippen LogP contribution in [-0.2, 0) is 38.5 Å². The van der Waals surface area contributed by atoms with Gasteiger partial charge >= 0.3 is 0 Å². The Morgan fingerprint density at radius 2 is 0.607 bits per heavy atom. The number of rotatable bonds is 44. The summed E-state index contributed by atoms with van der Waals surface area (Å²) in [6.45, 7) is 28.1. The highest BCUT2D eigenvalue weighted by molar-refractivity contribution is 7.31. The summed E-state index contributed by atoms with van der Waals surface area (Å²) in [6.07, 6.45) is 37.9. The van der Waals surface area contributed by atoms with Gasteiger partial charge in [0.15, 0.2) is 11.6 Å². The Bertz CT molecular complexity index is 5400. The zero-order valence-electron chi connectivity index (χ0n) is 74.1. The fourth-order valence-electron chi connectivity index (χ4n) is 18.7. The molecule has 14 heteroatoms. The Morgan fingerprint density at radius 3 is 0.910 bits per heavy atom. The molecule has 0 amide bonds. The van der Waals surface area contributed by atoms with Gasteiger partial charge in [0, 0.05) is 133 Å². The number of allylic oxidation sites excluding steroid dienone is 6. The molecule has 11 aromatic rings. The van der Waals surface area contributed by atoms with Crippen LogP contribution >= 0.6 is 90.7 Å². The maximum Gasteiger partial charge on any atom is 0.194 e. The van der Waals surface area contributed by atoms with Crippen molar-refractivity contribution in [2.75, 3.05) is 0 Å². The minimum absolute atomic E-state index is 0.0422. The van der Waals surface area contributed by atoms with E-state index in [1.807, 2.05) is 129 Å². The van der Waals surface area contributed by atoms with E-state index in [1.165, 1.54) is 189 Å². The van der Waals surface area contributed by atoms with Crippen molar-refractivity contribution in [1.29, 1.82) is 21.0 Å². The van der Waals surface area contributed by atoms with Gasteiger partial charge in [-0.3, -0.25) is 9.59 Å². The van der Waals surface area contributed by atoms with Gasteiger partial charge < -0.3 is 0 Å². The summed E-state index contributed by atoms with van der Waals surface area (Å²) in [5, 5.41) is 44.5. The van der Waals surface area contributed by atoms with Crippen LogP contribution in [0.2, 0.25) is 0 Å². The highest BCUT2D eigenvalue weighted by Crippen LogP contribution is 2.58. The lowest BCUT2D eigenvalue weighted by atomic mass is 9.90. The van der Waals surface area contributed by atoms with Gasteiger partial charge in [-0.2, -0.15) is 21.0 Å². The van der Waals surface area contributed by atoms with Gasteiger partial charge in [0.25, 0.3) is 0 Å². The van der Waals surface area contributed by atoms with Crippen LogP contribution in [0.5, 0.6) is 0 Å². The van der Waals surface area contributed by atoms with Crippen LogP contribution < -0.4 is 0 Å². The quantitative estimate of drug-likeness (QED) is 0.0276. The molecule has 122 heavy (non-hydrogen) atoms. The van der Waals surface area contributed by atoms with Crippen LogP contribution in [0.1, 0.15) is 311 Å². The van der Waals surface area contributed by atoms with E-state index in [0.717, 1.165) is 125 Å². The first-order valence-electron chi connectivity index (χ1n) is 46.1. The highest BCUT2D eigenvalue weighted by Gasteiger charge is 2.36. The average molecular weight is 1760 g/mol. The number of nitrogens with zero attached hydrogens (tertiary/aromatic N) is 4. The molecule has 0 N–H and O–H groups in total. The molecular formula is C108H122N4O2S8. The lowest BCUT2D eigenvalue weighted by Crippen LogP contribution is -2.03. The Balaban J connectivity index is 1.07. The third kappa shape index (κ3) is 20.4. The number of nitriles is 4. The van der Waals surface area contributed by atoms with E-state index >= 15 is 0 Å². The van der Waals surface area contributed by atoms with E-state index in [-0.39, 0.29) is 22.7 Å². The number of carbonyl (C=O) groups is 2. The molecular weight excluding hydrogens is 1640 g/mol. The Labute approximate surface area is 760 Å². The topological polar surface area (TPSA) is 129 Å². The van der Waals surface area contributed by atoms with Gasteiger partial charge in [-0.1, -0.05) is 286 Å². The van der Waals surface area contributed by atoms with Crippen molar-refractivity contribution in [1.82, 2.24) is 0 Å². The smallest absolute Gasteiger partial charge is 0.194 e. The third-order valence-electron chi connectivity index (χ3n) is 26.1. The molecule has 6 atom stereocenters. The second-order valence-corrected chi connectivity index (χ2v) is 43.2. The largest absolute Gasteiger partial charge is 0.289 e. The maximum absolute atomic E-state index is 14.7. The second-order valence-electron chi connectivity index (χ2n) is 34.5. The molecule has 0 saturated carbocycles. The fraction of sp³-hybridized carbons (Fsp3) is 0.444. The number of thiophene rings is 8. The lowest BCUT2D eigenvalue weighted by Gasteiger charge is -2.14. The van der Waals surface area contributed by atoms with Crippen molar-refractivity contribution in [2.24, 2.45) is 35.5 Å². The summed E-state index contributed by atoms with van der Waals surface area (Å²) in [4.78, 5) is 47.2. The van der Waals surface area contributed by atoms with Gasteiger partial charge in [-0.25, -0.2) is 0 Å². The minimum Gasteiger partial charge on any atom is -0.289 e. The zero-order valence-corrected chi connectivity index (χ0v) is 80.6. The molecule has 0 fully saturated rings. The predicted octanol–water partition coefficient (Wildman–Crippen LogP) is 35.2. The Hall–Kier alpha value is -7.96. The van der Waals surface area contributed by atoms with Crippen molar-refractivity contribution >= 4 is 146 Å². The number of Topliss-reactive ketones (excluding diaryl/α,β-unsaturated/α-hetero) is 2. The van der Waals surface area contributed by atoms with Gasteiger partial charge in [0.1, 0.15) is 35.4 Å². The molecule has 0 saturated heterocycles. The first-order chi connectivity index (χ1) is 59.6. The maximum atomic E-state index is 14.7. The Kier molecular flexibility index (Phi) is 32.9. The summed E-state index contributed by atoms with van der Waals surface area (Å²) < 4.78 is 2.70. The first kappa shape index (κ1) is 91.7. The standard InChI is InChI=1S/C108H122N4O2S8/c1-13-25-35-67(19-7)49-73-55-81(59-87-97(77(63-109)64-110)83-41-31-33-43-85(83)101(87)113)117-103(73)93-57-75(51-69(21-9)37-27-15-3)105(119-93)95-61-89-99(91-47-45-79(115-91)53-71(23-11)39-29-17-5)108-90(100(107(89)121-95)92-48-46-80(116-92)54-72(24-12)40-30-18-6)62-96(122-108)106-76(52-70(22-10)38-28-16-4)58-94(120-106)104-74(50-68(20-8)36-26-14-2)56-82(118-104)60-88-98(78(65-111)66-112)84-42-32-34-44-86(84)102(88)114/h31-34,41-48,55-62,67-72H,13-30,35-40,49-54H2,1-12H3/b87-59-,88-60-. The molecule has 0 radical (unpaired) electrons. The molecule has 2 aliphatic rings. The predicted molar refractivity (Wildman–Crippen MR) is 533 cm³/mol. The van der Waals surface area contributed by atoms with Crippen LogP contribution in [0.3, 0.4) is 0 Å². The number of carbonyl (C=O) groups excluding carboxylic acids is 2. The molecule has 3 aromatic carbocycles. The molecule has 2 aliphatic carbocycles. The molecule has 6 nitrogen and oxygen atoms in total. The van der Waals surface area contributed by atoms with Gasteiger partial charge in [-0.15, -0.1) is 90.7 Å². The monoisotopic (exact) mass is 1760 g/mol. The van der Waals surface area contributed by atoms with E-state index in [2.05, 4.69) is 168 Å². The first-order valence-corrected chi connectivity index (χ1v) is 52.7. The van der Waals surface area contributed by atoms with E-state index in [9.17, 15) is 30.6 Å². The summed E-state index contributed by atoms with van der Waals surface area (Å²) in [5.41, 5.74) is 12.1. The molecule has 634 valence electrons. The second kappa shape index (κ2) is 43.8. The van der Waals surface area contributed by atoms with Gasteiger partial charge in [0.2, 0.25) is 0 Å². The summed E-state index contributed by atoms with van der Waals surface area (Å²) >= 11 is 15.6. The van der Waals surface area contributed by atoms with Crippen LogP contribution in [0, 0.1) is 80.8 Å². The summed E-state index contributed by atoms with van der Waals surface area (Å²) in [5.74, 6) is 2.91. The SMILES string of the molecule is CCCCC(CC)Cc1ccc(-c2c3cc(-c4sc(-c5sc(/C=C6\C(=O)c7ccccc7C6=C(C#N)C#N)cc5CC(CC)CCCC)cc4CC(CC)CCCC)sc3c(-c3ccc(CC(CC)CCCC)s3)c3cc(-c4sc(-c5sc(/C=C6\C(=O)c7ccccc7C6=C(C#N)C#N)cc5CC(CC)CCCC)cc4CC(CC)CCCC)sc23)s1. The van der Waals surface area contributed by atoms with Crippen LogP contribution in [0.25, 0.3) is 103 Å². The molecule has 8 heterocycles. The number of hydrogen-bond donors (Lipinski definition) is 0. The molecule has 13 rings (SSSR count). The number of hydrogen-bond acceptors (Lipinski definition) is 14. The van der Waals surface area contributed by atoms with Gasteiger partial charge in [0.05, 0.1) is 0 Å². The summed E-state index contributed by atoms with van der Waals surface area (Å²) in [7, 11) is 0. The van der Waals surface area contributed by atoms with E-state index in [4.69, 9.17) is 0 Å². The number of benzene rings is 3. The van der Waals surface area contributed by atoms with Gasteiger partial charge in [-0.05, 0) is 180 Å². The normalized spacial score (nSPS) is 14.9. The third-order valence-corrected chi connectivity index (χ3v) is 36.0. The minimum atomic E-state index is -0.149. The van der Waals surface area contributed by atoms with Crippen LogP contribution in [0.15, 0.2) is 131 Å². The molecule has 8 aromatic heterocycles. The number of unbranched alkanes of at least 4 members (excludes halogenated alkanes) is 6. The fourth-order valence-corrected chi connectivity index (χ4v) is 28.9. The van der Waals surface area contributed by atoms with Crippen LogP contribution in [-0.4, -0.2) is 11.6 Å². The van der Waals surface area contributed by atoms with Crippen molar-refractivity contribution in [3.05, 3.63) is 196 Å². The van der Waals surface area contributed by atoms with Crippen LogP contribution in [0.4, 0.5) is 0 Å². The number of fused-ring (bicyclic) bond motifs is 4. The number of ketones is 2. The average Bonchev–Trinajstić information content (AvgIpc) is 1.55. The zero-order chi connectivity index (χ0) is 86.1. The highest BCUT2D eigenvalue weighted by atomic mass is 32.1. The lowest BCUT2D eigenvalue weighted by molar-refractivity contribution is 0.103. The van der Waals surface area contributed by atoms with Crippen molar-refractivity contribution in [2.45, 2.75) is 276 Å².